The van der Waals surface area contributed by atoms with Crippen LogP contribution in [0.3, 0.4) is 0 Å². The molecule has 178 valence electrons. The molecule has 3 aromatic carbocycles. The molecule has 4 rings (SSSR count). The summed E-state index contributed by atoms with van der Waals surface area (Å²) in [5.41, 5.74) is 4.15. The molecular weight excluding hydrogens is 472 g/mol. The van der Waals surface area contributed by atoms with Gasteiger partial charge in [0.2, 0.25) is 5.95 Å². The summed E-state index contributed by atoms with van der Waals surface area (Å²) in [4.78, 5) is 9.79. The molecule has 2 N–H and O–H groups in total. The number of rotatable bonds is 8. The molecule has 0 saturated heterocycles. The van der Waals surface area contributed by atoms with Gasteiger partial charge in [0.25, 0.3) is 0 Å². The van der Waals surface area contributed by atoms with Crippen LogP contribution in [0.1, 0.15) is 18.1 Å². The zero-order chi connectivity index (χ0) is 23.4. The van der Waals surface area contributed by atoms with Gasteiger partial charge in [0.1, 0.15) is 5.82 Å². The van der Waals surface area contributed by atoms with Gasteiger partial charge in [-0.1, -0.05) is 37.3 Å². The van der Waals surface area contributed by atoms with Gasteiger partial charge in [-0.15, -0.1) is 12.4 Å². The normalized spacial score (nSPS) is 11.1. The quantitative estimate of drug-likeness (QED) is 0.317. The number of methoxy groups -OCH3 is 1. The third-order valence-electron chi connectivity index (χ3n) is 5.33. The van der Waals surface area contributed by atoms with Crippen LogP contribution in [0.15, 0.2) is 71.6 Å². The minimum absolute atomic E-state index is 0. The van der Waals surface area contributed by atoms with Crippen molar-refractivity contribution in [3.63, 3.8) is 0 Å². The monoisotopic (exact) mass is 498 g/mol. The second kappa shape index (κ2) is 10.8. The Kier molecular flexibility index (Phi) is 8.09. The second-order valence-electron chi connectivity index (χ2n) is 7.64. The van der Waals surface area contributed by atoms with Crippen molar-refractivity contribution in [1.82, 2.24) is 9.97 Å². The first-order valence-corrected chi connectivity index (χ1v) is 12.3. The Morgan fingerprint density at radius 3 is 2.38 bits per heavy atom. The first-order valence-electron chi connectivity index (χ1n) is 10.6. The van der Waals surface area contributed by atoms with Gasteiger partial charge in [-0.25, -0.2) is 13.4 Å². The number of hydrogen-bond donors (Lipinski definition) is 2. The Hall–Kier alpha value is -3.20. The fourth-order valence-electron chi connectivity index (χ4n) is 3.55. The van der Waals surface area contributed by atoms with E-state index in [0.29, 0.717) is 23.3 Å². The molecule has 9 heteroatoms. The molecule has 1 aromatic heterocycles. The number of nitrogens with one attached hydrogen (secondary N) is 2. The molecule has 4 aromatic rings. The third-order valence-corrected chi connectivity index (χ3v) is 7.06. The van der Waals surface area contributed by atoms with E-state index < -0.39 is 9.84 Å². The first kappa shape index (κ1) is 25.4. The molecule has 7 nitrogen and oxygen atoms in total. The summed E-state index contributed by atoms with van der Waals surface area (Å²) >= 11 is 0. The molecule has 0 aliphatic rings. The lowest BCUT2D eigenvalue weighted by molar-refractivity contribution is 0.186. The van der Waals surface area contributed by atoms with Crippen LogP contribution >= 0.6 is 12.4 Å². The molecule has 0 fully saturated rings. The number of aryl methyl sites for hydroxylation is 1. The first-order chi connectivity index (χ1) is 15.9. The van der Waals surface area contributed by atoms with Gasteiger partial charge in [0.15, 0.2) is 9.84 Å². The Morgan fingerprint density at radius 1 is 0.941 bits per heavy atom. The molecule has 0 bridgehead atoms. The standard InChI is InChI=1S/C25H26N4O3S.ClH/c1-4-33(30,31)20-13-14-22(17(2)15-20)27-25-28-23-18(16-32-3)9-8-12-21(23)24(29-25)26-19-10-6-5-7-11-19;/h5-15H,4,16H2,1-3H3,(H2,26,27,28,29);1H. The Balaban J connectivity index is 0.00000324. The van der Waals surface area contributed by atoms with Gasteiger partial charge in [-0.05, 0) is 48.9 Å². The van der Waals surface area contributed by atoms with E-state index in [9.17, 15) is 8.42 Å². The Bertz CT molecular complexity index is 1400. The molecule has 34 heavy (non-hydrogen) atoms. The van der Waals surface area contributed by atoms with Crippen LogP contribution in [-0.4, -0.2) is 31.2 Å². The highest BCUT2D eigenvalue weighted by atomic mass is 35.5. The maximum absolute atomic E-state index is 12.2. The molecule has 0 spiro atoms. The summed E-state index contributed by atoms with van der Waals surface area (Å²) in [6.07, 6.45) is 0. The van der Waals surface area contributed by atoms with Crippen molar-refractivity contribution in [2.45, 2.75) is 25.3 Å². The second-order valence-corrected chi connectivity index (χ2v) is 9.92. The van der Waals surface area contributed by atoms with Crippen LogP contribution < -0.4 is 10.6 Å². The zero-order valence-corrected chi connectivity index (χ0v) is 20.8. The Morgan fingerprint density at radius 2 is 1.71 bits per heavy atom. The highest BCUT2D eigenvalue weighted by molar-refractivity contribution is 7.91. The Labute approximate surface area is 205 Å². The number of para-hydroxylation sites is 2. The van der Waals surface area contributed by atoms with Crippen LogP contribution in [-0.2, 0) is 21.2 Å². The number of ether oxygens (including phenoxy) is 1. The minimum atomic E-state index is -3.28. The number of halogens is 1. The van der Waals surface area contributed by atoms with Gasteiger partial charge >= 0.3 is 0 Å². The van der Waals surface area contributed by atoms with Crippen molar-refractivity contribution in [3.8, 4) is 0 Å². The lowest BCUT2D eigenvalue weighted by Crippen LogP contribution is -2.06. The number of benzene rings is 3. The smallest absolute Gasteiger partial charge is 0.229 e. The van der Waals surface area contributed by atoms with E-state index in [1.807, 2.05) is 55.5 Å². The van der Waals surface area contributed by atoms with E-state index in [1.165, 1.54) is 0 Å². The van der Waals surface area contributed by atoms with Crippen molar-refractivity contribution in [2.75, 3.05) is 23.5 Å². The topological polar surface area (TPSA) is 93.2 Å². The average Bonchev–Trinajstić information content (AvgIpc) is 2.82. The molecule has 0 atom stereocenters. The summed E-state index contributed by atoms with van der Waals surface area (Å²) in [6, 6.07) is 20.7. The molecule has 0 radical (unpaired) electrons. The van der Waals surface area contributed by atoms with E-state index in [-0.39, 0.29) is 18.2 Å². The van der Waals surface area contributed by atoms with Crippen molar-refractivity contribution in [3.05, 3.63) is 77.9 Å². The fraction of sp³-hybridized carbons (Fsp3) is 0.200. The van der Waals surface area contributed by atoms with Crippen LogP contribution in [0, 0.1) is 6.92 Å². The zero-order valence-electron chi connectivity index (χ0n) is 19.2. The molecular formula is C25H27ClN4O3S. The van der Waals surface area contributed by atoms with E-state index in [1.54, 1.807) is 32.2 Å². The van der Waals surface area contributed by atoms with Crippen LogP contribution in [0.2, 0.25) is 0 Å². The number of anilines is 4. The van der Waals surface area contributed by atoms with Gasteiger partial charge in [-0.2, -0.15) is 4.98 Å². The molecule has 0 aliphatic heterocycles. The van der Waals surface area contributed by atoms with E-state index in [4.69, 9.17) is 14.7 Å². The average molecular weight is 499 g/mol. The van der Waals surface area contributed by atoms with Crippen molar-refractivity contribution in [2.24, 2.45) is 0 Å². The van der Waals surface area contributed by atoms with Crippen LogP contribution in [0.4, 0.5) is 23.1 Å². The van der Waals surface area contributed by atoms with Crippen molar-refractivity contribution < 1.29 is 13.2 Å². The highest BCUT2D eigenvalue weighted by Gasteiger charge is 2.15. The lowest BCUT2D eigenvalue weighted by Gasteiger charge is -2.15. The van der Waals surface area contributed by atoms with Crippen LogP contribution in [0.5, 0.6) is 0 Å². The lowest BCUT2D eigenvalue weighted by atomic mass is 10.1. The fourth-order valence-corrected chi connectivity index (χ4v) is 4.51. The van der Waals surface area contributed by atoms with Crippen LogP contribution in [0.25, 0.3) is 10.9 Å². The third kappa shape index (κ3) is 5.47. The van der Waals surface area contributed by atoms with Gasteiger partial charge in [0, 0.05) is 29.4 Å². The molecule has 0 unspecified atom stereocenters. The summed E-state index contributed by atoms with van der Waals surface area (Å²) in [7, 11) is -1.62. The van der Waals surface area contributed by atoms with E-state index in [2.05, 4.69) is 10.6 Å². The number of hydrogen-bond acceptors (Lipinski definition) is 7. The van der Waals surface area contributed by atoms with Crippen molar-refractivity contribution >= 4 is 56.3 Å². The summed E-state index contributed by atoms with van der Waals surface area (Å²) in [5, 5.41) is 7.52. The minimum Gasteiger partial charge on any atom is -0.380 e. The molecule has 0 aliphatic carbocycles. The number of nitrogens with zero attached hydrogens (tertiary/aromatic N) is 2. The maximum atomic E-state index is 12.2. The molecule has 1 heterocycles. The summed E-state index contributed by atoms with van der Waals surface area (Å²) in [5.74, 6) is 1.12. The van der Waals surface area contributed by atoms with Gasteiger partial charge < -0.3 is 15.4 Å². The van der Waals surface area contributed by atoms with Crippen molar-refractivity contribution in [1.29, 1.82) is 0 Å². The predicted molar refractivity (Wildman–Crippen MR) is 139 cm³/mol. The highest BCUT2D eigenvalue weighted by Crippen LogP contribution is 2.30. The molecule has 0 saturated carbocycles. The number of aromatic nitrogens is 2. The molecule has 0 amide bonds. The van der Waals surface area contributed by atoms with Gasteiger partial charge in [0.05, 0.1) is 22.8 Å². The summed E-state index contributed by atoms with van der Waals surface area (Å²) < 4.78 is 29.8. The number of fused-ring (bicyclic) bond motifs is 1. The predicted octanol–water partition coefficient (Wildman–Crippen LogP) is 5.79. The summed E-state index contributed by atoms with van der Waals surface area (Å²) in [6.45, 7) is 3.91. The largest absolute Gasteiger partial charge is 0.380 e. The van der Waals surface area contributed by atoms with Gasteiger partial charge in [-0.3, -0.25) is 0 Å². The van der Waals surface area contributed by atoms with E-state index >= 15 is 0 Å². The SMILES string of the molecule is CCS(=O)(=O)c1ccc(Nc2nc(Nc3ccccc3)c3cccc(COC)c3n2)c(C)c1.Cl. The maximum Gasteiger partial charge on any atom is 0.229 e. The number of sulfone groups is 1. The van der Waals surface area contributed by atoms with E-state index in [0.717, 1.165) is 33.4 Å².